The van der Waals surface area contributed by atoms with E-state index < -0.39 is 11.4 Å². The van der Waals surface area contributed by atoms with Crippen molar-refractivity contribution in [2.75, 3.05) is 40.5 Å². The second-order valence-electron chi connectivity index (χ2n) is 4.98. The number of aliphatic carboxylic acids is 1. The van der Waals surface area contributed by atoms with Crippen LogP contribution in [0.2, 0.25) is 0 Å². The number of ether oxygens (including phenoxy) is 2. The first kappa shape index (κ1) is 15.9. The van der Waals surface area contributed by atoms with E-state index in [0.29, 0.717) is 39.1 Å². The molecule has 1 aliphatic carbocycles. The summed E-state index contributed by atoms with van der Waals surface area (Å²) in [5.41, 5.74) is -0.838. The van der Waals surface area contributed by atoms with Crippen LogP contribution in [0.4, 0.5) is 0 Å². The lowest BCUT2D eigenvalue weighted by Gasteiger charge is -2.38. The molecule has 1 aliphatic rings. The summed E-state index contributed by atoms with van der Waals surface area (Å²) < 4.78 is 9.94. The number of hydrogen-bond donors (Lipinski definition) is 1. The van der Waals surface area contributed by atoms with Crippen LogP contribution in [0.5, 0.6) is 0 Å². The van der Waals surface area contributed by atoms with E-state index >= 15 is 0 Å². The molecule has 0 aromatic carbocycles. The van der Waals surface area contributed by atoms with Gasteiger partial charge in [-0.1, -0.05) is 6.42 Å². The molecule has 0 atom stereocenters. The first-order valence-corrected chi connectivity index (χ1v) is 6.55. The molecule has 1 fully saturated rings. The smallest absolute Gasteiger partial charge is 0.310 e. The summed E-state index contributed by atoms with van der Waals surface area (Å²) in [5.74, 6) is -0.985. The van der Waals surface area contributed by atoms with Crippen molar-refractivity contribution in [2.45, 2.75) is 25.7 Å². The lowest BCUT2D eigenvalue weighted by atomic mass is 9.66. The molecule has 19 heavy (non-hydrogen) atoms. The predicted octanol–water partition coefficient (Wildman–Crippen LogP) is 0.753. The van der Waals surface area contributed by atoms with Crippen molar-refractivity contribution in [3.8, 4) is 0 Å². The Balaban J connectivity index is 2.57. The van der Waals surface area contributed by atoms with Gasteiger partial charge in [0, 0.05) is 33.7 Å². The van der Waals surface area contributed by atoms with Crippen molar-refractivity contribution in [3.05, 3.63) is 0 Å². The van der Waals surface area contributed by atoms with Crippen LogP contribution in [0.3, 0.4) is 0 Å². The maximum absolute atomic E-state index is 12.2. The Hall–Kier alpha value is -1.14. The van der Waals surface area contributed by atoms with Gasteiger partial charge in [0.15, 0.2) is 0 Å². The van der Waals surface area contributed by atoms with E-state index in [-0.39, 0.29) is 12.3 Å². The largest absolute Gasteiger partial charge is 0.481 e. The highest BCUT2D eigenvalue weighted by molar-refractivity contribution is 5.85. The van der Waals surface area contributed by atoms with Gasteiger partial charge in [-0.15, -0.1) is 0 Å². The number of carboxylic acids is 1. The van der Waals surface area contributed by atoms with Gasteiger partial charge in [0.25, 0.3) is 0 Å². The number of amides is 1. The van der Waals surface area contributed by atoms with Gasteiger partial charge < -0.3 is 19.5 Å². The Morgan fingerprint density at radius 3 is 2.00 bits per heavy atom. The fourth-order valence-corrected chi connectivity index (χ4v) is 2.24. The first-order valence-electron chi connectivity index (χ1n) is 6.55. The van der Waals surface area contributed by atoms with Crippen molar-refractivity contribution in [2.24, 2.45) is 5.41 Å². The zero-order valence-electron chi connectivity index (χ0n) is 11.7. The van der Waals surface area contributed by atoms with Crippen LogP contribution in [0.1, 0.15) is 25.7 Å². The van der Waals surface area contributed by atoms with Crippen LogP contribution < -0.4 is 0 Å². The standard InChI is InChI=1S/C13H23NO5/c1-18-8-6-14(7-9-19-2)11(15)10-13(12(16)17)4-3-5-13/h3-10H2,1-2H3,(H,16,17). The molecule has 1 N–H and O–H groups in total. The third kappa shape index (κ3) is 4.18. The summed E-state index contributed by atoms with van der Waals surface area (Å²) in [6.45, 7) is 1.81. The molecule has 0 aromatic rings. The molecule has 0 radical (unpaired) electrons. The first-order chi connectivity index (χ1) is 9.05. The topological polar surface area (TPSA) is 76.1 Å². The Bertz CT molecular complexity index is 306. The second kappa shape index (κ2) is 7.45. The van der Waals surface area contributed by atoms with Crippen LogP contribution in [0, 0.1) is 5.41 Å². The molecule has 0 aliphatic heterocycles. The minimum Gasteiger partial charge on any atom is -0.481 e. The van der Waals surface area contributed by atoms with E-state index in [1.54, 1.807) is 19.1 Å². The van der Waals surface area contributed by atoms with Gasteiger partial charge in [0.2, 0.25) is 5.91 Å². The van der Waals surface area contributed by atoms with E-state index in [1.807, 2.05) is 0 Å². The number of nitrogens with zero attached hydrogens (tertiary/aromatic N) is 1. The number of carbonyl (C=O) groups excluding carboxylic acids is 1. The van der Waals surface area contributed by atoms with E-state index in [9.17, 15) is 14.7 Å². The van der Waals surface area contributed by atoms with Gasteiger partial charge in [-0.25, -0.2) is 0 Å². The predicted molar refractivity (Wildman–Crippen MR) is 68.9 cm³/mol. The van der Waals surface area contributed by atoms with Gasteiger partial charge in [0.05, 0.1) is 18.6 Å². The van der Waals surface area contributed by atoms with Gasteiger partial charge >= 0.3 is 5.97 Å². The third-order valence-corrected chi connectivity index (χ3v) is 3.74. The molecule has 1 saturated carbocycles. The van der Waals surface area contributed by atoms with Crippen LogP contribution in [-0.2, 0) is 19.1 Å². The molecule has 0 unspecified atom stereocenters. The third-order valence-electron chi connectivity index (χ3n) is 3.74. The molecule has 0 heterocycles. The Labute approximate surface area is 113 Å². The second-order valence-corrected chi connectivity index (χ2v) is 4.98. The summed E-state index contributed by atoms with van der Waals surface area (Å²) in [7, 11) is 3.15. The van der Waals surface area contributed by atoms with E-state index in [2.05, 4.69) is 0 Å². The normalized spacial score (nSPS) is 16.7. The number of carboxylic acid groups (broad SMARTS) is 1. The number of carbonyl (C=O) groups is 2. The lowest BCUT2D eigenvalue weighted by molar-refractivity contribution is -0.159. The van der Waals surface area contributed by atoms with Crippen molar-refractivity contribution in [1.82, 2.24) is 4.90 Å². The van der Waals surface area contributed by atoms with Crippen molar-refractivity contribution >= 4 is 11.9 Å². The van der Waals surface area contributed by atoms with E-state index in [0.717, 1.165) is 6.42 Å². The average Bonchev–Trinajstić information content (AvgIpc) is 2.33. The maximum atomic E-state index is 12.2. The van der Waals surface area contributed by atoms with Gasteiger partial charge in [-0.2, -0.15) is 0 Å². The van der Waals surface area contributed by atoms with Gasteiger partial charge in [-0.05, 0) is 12.8 Å². The summed E-state index contributed by atoms with van der Waals surface area (Å²) in [4.78, 5) is 25.1. The highest BCUT2D eigenvalue weighted by Gasteiger charge is 2.46. The van der Waals surface area contributed by atoms with Crippen LogP contribution in [0.25, 0.3) is 0 Å². The molecule has 0 aromatic heterocycles. The van der Waals surface area contributed by atoms with E-state index in [1.165, 1.54) is 0 Å². The fourth-order valence-electron chi connectivity index (χ4n) is 2.24. The highest BCUT2D eigenvalue weighted by Crippen LogP contribution is 2.44. The number of hydrogen-bond acceptors (Lipinski definition) is 4. The molecule has 110 valence electrons. The summed E-state index contributed by atoms with van der Waals surface area (Å²) in [6, 6.07) is 0. The SMILES string of the molecule is COCCN(CCOC)C(=O)CC1(C(=O)O)CCC1. The molecule has 0 spiro atoms. The molecule has 0 saturated heterocycles. The highest BCUT2D eigenvalue weighted by atomic mass is 16.5. The summed E-state index contributed by atoms with van der Waals surface area (Å²) in [6.07, 6.45) is 2.15. The van der Waals surface area contributed by atoms with Crippen LogP contribution in [-0.4, -0.2) is 62.4 Å². The molecule has 1 rings (SSSR count). The summed E-state index contributed by atoms with van der Waals surface area (Å²) in [5, 5.41) is 9.25. The van der Waals surface area contributed by atoms with E-state index in [4.69, 9.17) is 9.47 Å². The number of rotatable bonds is 9. The van der Waals surface area contributed by atoms with Crippen molar-refractivity contribution < 1.29 is 24.2 Å². The molecular weight excluding hydrogens is 250 g/mol. The number of methoxy groups -OCH3 is 2. The van der Waals surface area contributed by atoms with Crippen molar-refractivity contribution in [3.63, 3.8) is 0 Å². The average molecular weight is 273 g/mol. The van der Waals surface area contributed by atoms with Gasteiger partial charge in [0.1, 0.15) is 0 Å². The molecule has 6 heteroatoms. The maximum Gasteiger partial charge on any atom is 0.310 e. The zero-order valence-corrected chi connectivity index (χ0v) is 11.7. The van der Waals surface area contributed by atoms with Crippen LogP contribution >= 0.6 is 0 Å². The lowest BCUT2D eigenvalue weighted by Crippen LogP contribution is -2.45. The minimum absolute atomic E-state index is 0.0791. The Morgan fingerprint density at radius 1 is 1.16 bits per heavy atom. The Morgan fingerprint density at radius 2 is 1.68 bits per heavy atom. The van der Waals surface area contributed by atoms with Crippen LogP contribution in [0.15, 0.2) is 0 Å². The molecule has 6 nitrogen and oxygen atoms in total. The Kier molecular flexibility index (Phi) is 6.24. The quantitative estimate of drug-likeness (QED) is 0.671. The van der Waals surface area contributed by atoms with Crippen molar-refractivity contribution in [1.29, 1.82) is 0 Å². The summed E-state index contributed by atoms with van der Waals surface area (Å²) >= 11 is 0. The fraction of sp³-hybridized carbons (Fsp3) is 0.846. The monoisotopic (exact) mass is 273 g/mol. The minimum atomic E-state index is -0.856. The molecular formula is C13H23NO5. The molecule has 0 bridgehead atoms. The zero-order chi connectivity index (χ0) is 14.3. The molecule has 1 amide bonds. The van der Waals surface area contributed by atoms with Gasteiger partial charge in [-0.3, -0.25) is 9.59 Å².